The van der Waals surface area contributed by atoms with Gasteiger partial charge in [-0.05, 0) is 44.9 Å². The summed E-state index contributed by atoms with van der Waals surface area (Å²) in [7, 11) is 0. The zero-order chi connectivity index (χ0) is 26.5. The van der Waals surface area contributed by atoms with Crippen LogP contribution in [0, 0.1) is 0 Å². The molecule has 0 aromatic rings. The molecule has 0 spiro atoms. The third kappa shape index (κ3) is 25.5. The van der Waals surface area contributed by atoms with Crippen LogP contribution in [0.1, 0.15) is 142 Å². The van der Waals surface area contributed by atoms with Crippen LogP contribution in [0.25, 0.3) is 0 Å². The first-order chi connectivity index (χ1) is 17.6. The average Bonchev–Trinajstić information content (AvgIpc) is 2.88. The van der Waals surface area contributed by atoms with Crippen molar-refractivity contribution in [1.29, 1.82) is 0 Å². The Bertz CT molecular complexity index is 555. The van der Waals surface area contributed by atoms with E-state index in [0.29, 0.717) is 12.8 Å². The number of hydrogen-bond donors (Lipinski definition) is 1. The third-order valence-electron chi connectivity index (χ3n) is 6.25. The summed E-state index contributed by atoms with van der Waals surface area (Å²) in [5.74, 6) is -0.616. The maximum absolute atomic E-state index is 12.0. The number of ether oxygens (including phenoxy) is 2. The lowest BCUT2D eigenvalue weighted by molar-refractivity contribution is -0.161. The Hall–Kier alpha value is -1.62. The summed E-state index contributed by atoms with van der Waals surface area (Å²) in [6.07, 6.45) is 29.5. The normalized spacial score (nSPS) is 12.4. The highest BCUT2D eigenvalue weighted by Crippen LogP contribution is 2.11. The van der Waals surface area contributed by atoms with Crippen LogP contribution >= 0.6 is 0 Å². The van der Waals surface area contributed by atoms with Crippen molar-refractivity contribution >= 4 is 11.9 Å². The predicted molar refractivity (Wildman–Crippen MR) is 150 cm³/mol. The quantitative estimate of drug-likeness (QED) is 0.0721. The molecule has 0 bridgehead atoms. The van der Waals surface area contributed by atoms with Gasteiger partial charge in [-0.3, -0.25) is 9.59 Å². The van der Waals surface area contributed by atoms with Crippen LogP contribution in [0.3, 0.4) is 0 Å². The van der Waals surface area contributed by atoms with Crippen molar-refractivity contribution in [2.24, 2.45) is 0 Å². The fourth-order valence-corrected chi connectivity index (χ4v) is 3.93. The second-order valence-electron chi connectivity index (χ2n) is 9.83. The Morgan fingerprint density at radius 1 is 0.639 bits per heavy atom. The van der Waals surface area contributed by atoms with Crippen molar-refractivity contribution in [1.82, 2.24) is 0 Å². The van der Waals surface area contributed by atoms with E-state index in [2.05, 4.69) is 38.2 Å². The van der Waals surface area contributed by atoms with Gasteiger partial charge in [0.25, 0.3) is 0 Å². The molecule has 5 heteroatoms. The Kier molecular flexibility index (Phi) is 26.7. The number of carbonyl (C=O) groups is 2. The molecule has 1 atom stereocenters. The van der Waals surface area contributed by atoms with E-state index in [9.17, 15) is 14.7 Å². The lowest BCUT2D eigenvalue weighted by Crippen LogP contribution is -2.28. The number of hydrogen-bond acceptors (Lipinski definition) is 5. The van der Waals surface area contributed by atoms with Gasteiger partial charge in [0.2, 0.25) is 0 Å². The Morgan fingerprint density at radius 3 is 1.69 bits per heavy atom. The molecule has 36 heavy (non-hydrogen) atoms. The molecule has 0 aromatic heterocycles. The molecule has 0 aliphatic carbocycles. The molecule has 0 heterocycles. The van der Waals surface area contributed by atoms with Gasteiger partial charge in [-0.15, -0.1) is 0 Å². The van der Waals surface area contributed by atoms with Crippen molar-refractivity contribution in [3.63, 3.8) is 0 Å². The van der Waals surface area contributed by atoms with E-state index < -0.39 is 6.10 Å². The molecule has 1 N–H and O–H groups in total. The summed E-state index contributed by atoms with van der Waals surface area (Å²) in [5.41, 5.74) is 0. The van der Waals surface area contributed by atoms with E-state index in [1.165, 1.54) is 64.2 Å². The van der Waals surface area contributed by atoms with Crippen molar-refractivity contribution in [3.05, 3.63) is 24.3 Å². The molecule has 0 aliphatic heterocycles. The zero-order valence-electron chi connectivity index (χ0n) is 23.5. The smallest absolute Gasteiger partial charge is 0.306 e. The van der Waals surface area contributed by atoms with Gasteiger partial charge in [-0.1, -0.05) is 109 Å². The second kappa shape index (κ2) is 28.0. The standard InChI is InChI=1S/C31H56O5/c1-3-5-7-9-11-12-13-14-15-16-17-18-20-22-24-26-31(34)36-29(27-32)28-35-30(33)25-23-21-19-10-8-6-4-2/h11-12,14-15,29,32H,3-10,13,16-28H2,1-2H3/b12-11-,15-14-. The molecule has 5 nitrogen and oxygen atoms in total. The van der Waals surface area contributed by atoms with Gasteiger partial charge in [0.15, 0.2) is 6.10 Å². The summed E-state index contributed by atoms with van der Waals surface area (Å²) in [6.45, 7) is 4.03. The molecule has 0 rings (SSSR count). The number of carbonyl (C=O) groups excluding carboxylic acids is 2. The minimum Gasteiger partial charge on any atom is -0.462 e. The van der Waals surface area contributed by atoms with Crippen molar-refractivity contribution in [2.75, 3.05) is 13.2 Å². The van der Waals surface area contributed by atoms with Crippen molar-refractivity contribution in [2.45, 2.75) is 148 Å². The second-order valence-corrected chi connectivity index (χ2v) is 9.83. The van der Waals surface area contributed by atoms with Crippen molar-refractivity contribution < 1.29 is 24.2 Å². The van der Waals surface area contributed by atoms with Crippen LogP contribution < -0.4 is 0 Å². The SMILES string of the molecule is CCCCC/C=C\C/C=C\CCCCCCCC(=O)OC(CO)COC(=O)CCCCCCCCC. The first-order valence-electron chi connectivity index (χ1n) is 14.9. The van der Waals surface area contributed by atoms with Crippen LogP contribution in [0.4, 0.5) is 0 Å². The molecule has 0 saturated carbocycles. The average molecular weight is 509 g/mol. The van der Waals surface area contributed by atoms with E-state index in [1.54, 1.807) is 0 Å². The van der Waals surface area contributed by atoms with Crippen LogP contribution in [0.15, 0.2) is 24.3 Å². The molecule has 0 aliphatic rings. The number of rotatable bonds is 26. The number of aliphatic hydroxyl groups is 1. The first kappa shape index (κ1) is 34.4. The van der Waals surface area contributed by atoms with Gasteiger partial charge in [0.1, 0.15) is 6.61 Å². The van der Waals surface area contributed by atoms with Gasteiger partial charge in [-0.2, -0.15) is 0 Å². The molecule has 210 valence electrons. The van der Waals surface area contributed by atoms with E-state index in [-0.39, 0.29) is 25.2 Å². The van der Waals surface area contributed by atoms with Crippen LogP contribution in [0.2, 0.25) is 0 Å². The van der Waals surface area contributed by atoms with Crippen LogP contribution in [0.5, 0.6) is 0 Å². The van der Waals surface area contributed by atoms with Crippen LogP contribution in [-0.4, -0.2) is 36.4 Å². The maximum Gasteiger partial charge on any atom is 0.306 e. The Morgan fingerprint density at radius 2 is 1.11 bits per heavy atom. The summed E-state index contributed by atoms with van der Waals surface area (Å²) in [4.78, 5) is 23.9. The summed E-state index contributed by atoms with van der Waals surface area (Å²) in [5, 5.41) is 9.43. The third-order valence-corrected chi connectivity index (χ3v) is 6.25. The highest BCUT2D eigenvalue weighted by Gasteiger charge is 2.16. The first-order valence-corrected chi connectivity index (χ1v) is 14.9. The molecular weight excluding hydrogens is 452 g/mol. The maximum atomic E-state index is 12.0. The topological polar surface area (TPSA) is 72.8 Å². The molecule has 0 aromatic carbocycles. The van der Waals surface area contributed by atoms with Gasteiger partial charge >= 0.3 is 11.9 Å². The van der Waals surface area contributed by atoms with E-state index in [4.69, 9.17) is 9.47 Å². The summed E-state index contributed by atoms with van der Waals surface area (Å²) >= 11 is 0. The van der Waals surface area contributed by atoms with E-state index in [0.717, 1.165) is 51.4 Å². The van der Waals surface area contributed by atoms with E-state index in [1.807, 2.05) is 0 Å². The lowest BCUT2D eigenvalue weighted by Gasteiger charge is -2.15. The molecule has 0 amide bonds. The van der Waals surface area contributed by atoms with Crippen LogP contribution in [-0.2, 0) is 19.1 Å². The molecule has 1 unspecified atom stereocenters. The molecule has 0 saturated heterocycles. The Labute approximate surface area is 222 Å². The lowest BCUT2D eigenvalue weighted by atomic mass is 10.1. The largest absolute Gasteiger partial charge is 0.462 e. The molecule has 0 radical (unpaired) electrons. The highest BCUT2D eigenvalue weighted by molar-refractivity contribution is 5.70. The molecule has 0 fully saturated rings. The number of allylic oxidation sites excluding steroid dienone is 4. The van der Waals surface area contributed by atoms with Crippen molar-refractivity contribution in [3.8, 4) is 0 Å². The number of unbranched alkanes of at least 4 members (excludes halogenated alkanes) is 14. The molecular formula is C31H56O5. The summed E-state index contributed by atoms with van der Waals surface area (Å²) in [6, 6.07) is 0. The number of aliphatic hydroxyl groups excluding tert-OH is 1. The van der Waals surface area contributed by atoms with Gasteiger partial charge in [0.05, 0.1) is 6.61 Å². The summed E-state index contributed by atoms with van der Waals surface area (Å²) < 4.78 is 10.5. The van der Waals surface area contributed by atoms with Gasteiger partial charge < -0.3 is 14.6 Å². The monoisotopic (exact) mass is 508 g/mol. The zero-order valence-corrected chi connectivity index (χ0v) is 23.5. The minimum atomic E-state index is -0.770. The number of esters is 2. The van der Waals surface area contributed by atoms with Gasteiger partial charge in [-0.25, -0.2) is 0 Å². The van der Waals surface area contributed by atoms with Gasteiger partial charge in [0, 0.05) is 12.8 Å². The fourth-order valence-electron chi connectivity index (χ4n) is 3.93. The predicted octanol–water partition coefficient (Wildman–Crippen LogP) is 8.39. The minimum absolute atomic E-state index is 0.0697. The Balaban J connectivity index is 3.63. The highest BCUT2D eigenvalue weighted by atomic mass is 16.6. The van der Waals surface area contributed by atoms with E-state index >= 15 is 0 Å². The fraction of sp³-hybridized carbons (Fsp3) is 0.806.